The molecular formula is C8H6F2O2. The number of ketones is 1. The van der Waals surface area contributed by atoms with Gasteiger partial charge >= 0.3 is 0 Å². The van der Waals surface area contributed by atoms with Gasteiger partial charge in [-0.2, -0.15) is 0 Å². The van der Waals surface area contributed by atoms with Gasteiger partial charge in [-0.25, -0.2) is 8.78 Å². The number of hydrogen-bond acceptors (Lipinski definition) is 2. The van der Waals surface area contributed by atoms with E-state index < -0.39 is 18.1 Å². The lowest BCUT2D eigenvalue weighted by atomic mass is 10.0. The molecule has 0 aromatic heterocycles. The molecule has 0 aliphatic heterocycles. The monoisotopic (exact) mass is 172 g/mol. The Labute approximate surface area is 67.6 Å². The van der Waals surface area contributed by atoms with Gasteiger partial charge < -0.3 is 0 Å². The topological polar surface area (TPSA) is 34.1 Å². The van der Waals surface area contributed by atoms with Gasteiger partial charge in [0.15, 0.2) is 6.29 Å². The van der Waals surface area contributed by atoms with Gasteiger partial charge in [0.05, 0.1) is 0 Å². The average molecular weight is 172 g/mol. The summed E-state index contributed by atoms with van der Waals surface area (Å²) in [4.78, 5) is 20.6. The smallest absolute Gasteiger partial charge is 0.270 e. The number of carbonyl (C=O) groups is 2. The molecular weight excluding hydrogens is 166 g/mol. The normalized spacial score (nSPS) is 20.0. The van der Waals surface area contributed by atoms with Crippen molar-refractivity contribution < 1.29 is 18.4 Å². The van der Waals surface area contributed by atoms with E-state index in [0.29, 0.717) is 6.08 Å². The van der Waals surface area contributed by atoms with Gasteiger partial charge in [-0.3, -0.25) is 9.59 Å². The quantitative estimate of drug-likeness (QED) is 0.464. The Hall–Kier alpha value is -1.32. The molecule has 1 rings (SSSR count). The summed E-state index contributed by atoms with van der Waals surface area (Å²) in [6.07, 6.45) is 2.26. The third kappa shape index (κ3) is 1.84. The van der Waals surface area contributed by atoms with Crippen LogP contribution in [-0.2, 0) is 9.59 Å². The molecule has 1 aliphatic rings. The van der Waals surface area contributed by atoms with Crippen LogP contribution < -0.4 is 0 Å². The summed E-state index contributed by atoms with van der Waals surface area (Å²) in [6, 6.07) is 0. The first-order valence-corrected chi connectivity index (χ1v) is 3.32. The van der Waals surface area contributed by atoms with Crippen molar-refractivity contribution in [1.82, 2.24) is 0 Å². The Morgan fingerprint density at radius 2 is 2.25 bits per heavy atom. The Morgan fingerprint density at radius 3 is 2.67 bits per heavy atom. The minimum Gasteiger partial charge on any atom is -0.294 e. The van der Waals surface area contributed by atoms with Crippen LogP contribution in [0.3, 0.4) is 0 Å². The number of rotatable bonds is 2. The van der Waals surface area contributed by atoms with Gasteiger partial charge in [0.2, 0.25) is 5.78 Å². The van der Waals surface area contributed by atoms with Gasteiger partial charge in [0, 0.05) is 12.0 Å². The number of aldehydes is 1. The first kappa shape index (κ1) is 8.77. The second-order valence-corrected chi connectivity index (χ2v) is 2.44. The summed E-state index contributed by atoms with van der Waals surface area (Å²) in [7, 11) is 0. The van der Waals surface area contributed by atoms with E-state index >= 15 is 0 Å². The molecule has 4 heteroatoms. The van der Waals surface area contributed by atoms with E-state index in [9.17, 15) is 18.4 Å². The van der Waals surface area contributed by atoms with Gasteiger partial charge in [-0.15, -0.1) is 0 Å². The van der Waals surface area contributed by atoms with Gasteiger partial charge in [0.25, 0.3) is 5.92 Å². The van der Waals surface area contributed by atoms with Crippen LogP contribution in [0.4, 0.5) is 8.78 Å². The molecule has 0 heterocycles. The number of allylic oxidation sites excluding steroid dienone is 4. The fourth-order valence-electron chi connectivity index (χ4n) is 0.845. The highest BCUT2D eigenvalue weighted by molar-refractivity contribution is 6.34. The molecule has 12 heavy (non-hydrogen) atoms. The van der Waals surface area contributed by atoms with Gasteiger partial charge in [-0.05, 0) is 12.2 Å². The number of carbonyl (C=O) groups excluding carboxylic acids is 2. The Morgan fingerprint density at radius 1 is 1.58 bits per heavy atom. The SMILES string of the molecule is O=CC(=O)C1=CCC(F)(F)C=C1. The summed E-state index contributed by atoms with van der Waals surface area (Å²) < 4.78 is 24.8. The van der Waals surface area contributed by atoms with Crippen LogP contribution in [0.2, 0.25) is 0 Å². The summed E-state index contributed by atoms with van der Waals surface area (Å²) in [5.41, 5.74) is 0.0379. The molecule has 0 aromatic carbocycles. The highest BCUT2D eigenvalue weighted by atomic mass is 19.3. The highest BCUT2D eigenvalue weighted by Gasteiger charge is 2.27. The van der Waals surface area contributed by atoms with E-state index in [-0.39, 0.29) is 11.9 Å². The Balaban J connectivity index is 2.77. The second kappa shape index (κ2) is 2.97. The third-order valence-electron chi connectivity index (χ3n) is 1.49. The highest BCUT2D eigenvalue weighted by Crippen LogP contribution is 2.26. The molecule has 0 aromatic rings. The van der Waals surface area contributed by atoms with E-state index in [1.807, 2.05) is 0 Å². The molecule has 0 fully saturated rings. The predicted octanol–water partition coefficient (Wildman–Crippen LogP) is 1.28. The van der Waals surface area contributed by atoms with Crippen molar-refractivity contribution >= 4 is 12.1 Å². The third-order valence-corrected chi connectivity index (χ3v) is 1.49. The molecule has 0 atom stereocenters. The lowest BCUT2D eigenvalue weighted by Crippen LogP contribution is -2.16. The van der Waals surface area contributed by atoms with E-state index in [2.05, 4.69) is 0 Å². The molecule has 2 nitrogen and oxygen atoms in total. The maximum Gasteiger partial charge on any atom is 0.270 e. The minimum absolute atomic E-state index is 0.0379. The molecule has 0 unspecified atom stereocenters. The zero-order chi connectivity index (χ0) is 9.19. The first-order valence-electron chi connectivity index (χ1n) is 3.32. The van der Waals surface area contributed by atoms with Crippen molar-refractivity contribution in [3.8, 4) is 0 Å². The van der Waals surface area contributed by atoms with Crippen LogP contribution in [0, 0.1) is 0 Å². The van der Waals surface area contributed by atoms with Crippen LogP contribution in [0.5, 0.6) is 0 Å². The van der Waals surface area contributed by atoms with Crippen LogP contribution in [0.25, 0.3) is 0 Å². The zero-order valence-corrected chi connectivity index (χ0v) is 6.09. The molecule has 0 N–H and O–H groups in total. The minimum atomic E-state index is -2.88. The molecule has 0 spiro atoms. The maximum absolute atomic E-state index is 12.4. The summed E-state index contributed by atoms with van der Waals surface area (Å²) >= 11 is 0. The molecule has 64 valence electrons. The molecule has 0 amide bonds. The summed E-state index contributed by atoms with van der Waals surface area (Å²) in [6.45, 7) is 0. The standard InChI is InChI=1S/C8H6F2O2/c9-8(10)3-1-6(2-4-8)7(12)5-11/h1-3,5H,4H2. The lowest BCUT2D eigenvalue weighted by Gasteiger charge is -2.13. The van der Waals surface area contributed by atoms with E-state index in [1.54, 1.807) is 0 Å². The molecule has 0 saturated heterocycles. The van der Waals surface area contributed by atoms with Crippen molar-refractivity contribution in [1.29, 1.82) is 0 Å². The van der Waals surface area contributed by atoms with Crippen molar-refractivity contribution in [2.45, 2.75) is 12.3 Å². The molecule has 0 saturated carbocycles. The maximum atomic E-state index is 12.4. The van der Waals surface area contributed by atoms with Crippen molar-refractivity contribution in [3.63, 3.8) is 0 Å². The fraction of sp³-hybridized carbons (Fsp3) is 0.250. The van der Waals surface area contributed by atoms with E-state index in [1.165, 1.54) is 0 Å². The van der Waals surface area contributed by atoms with Gasteiger partial charge in [-0.1, -0.05) is 6.08 Å². The second-order valence-electron chi connectivity index (χ2n) is 2.44. The van der Waals surface area contributed by atoms with Crippen LogP contribution >= 0.6 is 0 Å². The van der Waals surface area contributed by atoms with E-state index in [0.717, 1.165) is 12.2 Å². The number of hydrogen-bond donors (Lipinski definition) is 0. The lowest BCUT2D eigenvalue weighted by molar-refractivity contribution is -0.127. The van der Waals surface area contributed by atoms with E-state index in [4.69, 9.17) is 0 Å². The number of Topliss-reactive ketones (excluding diaryl/α,β-unsaturated/α-hetero) is 1. The Kier molecular flexibility index (Phi) is 2.17. The van der Waals surface area contributed by atoms with Crippen LogP contribution in [0.15, 0.2) is 23.8 Å². The van der Waals surface area contributed by atoms with Gasteiger partial charge in [0.1, 0.15) is 0 Å². The number of alkyl halides is 2. The number of halogens is 2. The van der Waals surface area contributed by atoms with Crippen LogP contribution in [-0.4, -0.2) is 18.0 Å². The summed E-state index contributed by atoms with van der Waals surface area (Å²) in [5, 5.41) is 0. The van der Waals surface area contributed by atoms with Crippen molar-refractivity contribution in [2.24, 2.45) is 0 Å². The molecule has 1 aliphatic carbocycles. The van der Waals surface area contributed by atoms with Crippen molar-refractivity contribution in [3.05, 3.63) is 23.8 Å². The zero-order valence-electron chi connectivity index (χ0n) is 6.09. The molecule has 0 bridgehead atoms. The van der Waals surface area contributed by atoms with Crippen LogP contribution in [0.1, 0.15) is 6.42 Å². The van der Waals surface area contributed by atoms with Crippen molar-refractivity contribution in [2.75, 3.05) is 0 Å². The predicted molar refractivity (Wildman–Crippen MR) is 37.9 cm³/mol. The molecule has 0 radical (unpaired) electrons. The average Bonchev–Trinajstić information content (AvgIpc) is 2.03. The Bertz CT molecular complexity index is 277. The first-order chi connectivity index (χ1) is 5.55. The summed E-state index contributed by atoms with van der Waals surface area (Å²) in [5.74, 6) is -3.64. The fourth-order valence-corrected chi connectivity index (χ4v) is 0.845. The largest absolute Gasteiger partial charge is 0.294 e.